The summed E-state index contributed by atoms with van der Waals surface area (Å²) in [5.74, 6) is -0.309. The fraction of sp³-hybridized carbons (Fsp3) is 0.0588. The number of pyridine rings is 1. The van der Waals surface area contributed by atoms with Gasteiger partial charge < -0.3 is 10.1 Å². The predicted octanol–water partition coefficient (Wildman–Crippen LogP) is 1.93. The minimum atomic E-state index is -3.90. The second-order valence-electron chi connectivity index (χ2n) is 5.24. The van der Waals surface area contributed by atoms with E-state index >= 15 is 0 Å². The van der Waals surface area contributed by atoms with Gasteiger partial charge in [0.2, 0.25) is 5.82 Å². The fourth-order valence-corrected chi connectivity index (χ4v) is 3.16. The standard InChI is InChI=1S/C17H15N5O4S/c1-26-17-15(19-9-10-20-17)22-27(24,25)14-6-4-13(5-7-14)21-16(23)12-3-2-8-18-11-12/h2-11H,1H3,(H,19,22)(H,21,23). The average Bonchev–Trinajstić information content (AvgIpc) is 2.69. The third kappa shape index (κ3) is 4.36. The Balaban J connectivity index is 1.75. The van der Waals surface area contributed by atoms with Crippen molar-refractivity contribution in [2.24, 2.45) is 0 Å². The monoisotopic (exact) mass is 385 g/mol. The van der Waals surface area contributed by atoms with Crippen LogP contribution in [-0.4, -0.2) is 36.4 Å². The van der Waals surface area contributed by atoms with Crippen molar-refractivity contribution in [3.8, 4) is 5.88 Å². The maximum atomic E-state index is 12.5. The van der Waals surface area contributed by atoms with Crippen LogP contribution < -0.4 is 14.8 Å². The van der Waals surface area contributed by atoms with E-state index in [-0.39, 0.29) is 22.5 Å². The smallest absolute Gasteiger partial charge is 0.263 e. The molecule has 1 amide bonds. The number of amides is 1. The highest BCUT2D eigenvalue weighted by Gasteiger charge is 2.18. The minimum Gasteiger partial charge on any atom is -0.478 e. The molecule has 2 aromatic heterocycles. The van der Waals surface area contributed by atoms with Crippen LogP contribution >= 0.6 is 0 Å². The maximum absolute atomic E-state index is 12.5. The number of nitrogens with one attached hydrogen (secondary N) is 2. The van der Waals surface area contributed by atoms with Crippen LogP contribution in [0.1, 0.15) is 10.4 Å². The first-order chi connectivity index (χ1) is 13.0. The number of sulfonamides is 1. The van der Waals surface area contributed by atoms with E-state index in [1.54, 1.807) is 18.3 Å². The number of carbonyl (C=O) groups is 1. The van der Waals surface area contributed by atoms with Gasteiger partial charge >= 0.3 is 0 Å². The summed E-state index contributed by atoms with van der Waals surface area (Å²) in [6.07, 6.45) is 5.73. The van der Waals surface area contributed by atoms with Gasteiger partial charge in [-0.05, 0) is 36.4 Å². The first-order valence-corrected chi connectivity index (χ1v) is 9.17. The average molecular weight is 385 g/mol. The van der Waals surface area contributed by atoms with Gasteiger partial charge in [0.1, 0.15) is 0 Å². The largest absolute Gasteiger partial charge is 0.478 e. The molecule has 3 aromatic rings. The van der Waals surface area contributed by atoms with Crippen molar-refractivity contribution in [3.63, 3.8) is 0 Å². The van der Waals surface area contributed by atoms with Crippen LogP contribution in [0, 0.1) is 0 Å². The zero-order valence-electron chi connectivity index (χ0n) is 14.2. The number of methoxy groups -OCH3 is 1. The minimum absolute atomic E-state index is 0.00502. The topological polar surface area (TPSA) is 123 Å². The number of hydrogen-bond donors (Lipinski definition) is 2. The summed E-state index contributed by atoms with van der Waals surface area (Å²) in [6.45, 7) is 0. The normalized spacial score (nSPS) is 10.9. The molecular weight excluding hydrogens is 370 g/mol. The van der Waals surface area contributed by atoms with E-state index < -0.39 is 10.0 Å². The van der Waals surface area contributed by atoms with Crippen LogP contribution in [0.4, 0.5) is 11.5 Å². The SMILES string of the molecule is COc1nccnc1NS(=O)(=O)c1ccc(NC(=O)c2cccnc2)cc1. The molecule has 27 heavy (non-hydrogen) atoms. The van der Waals surface area contributed by atoms with E-state index in [1.807, 2.05) is 0 Å². The summed E-state index contributed by atoms with van der Waals surface area (Å²) in [7, 11) is -2.54. The Kier molecular flexibility index (Phi) is 5.27. The molecular formula is C17H15N5O4S. The lowest BCUT2D eigenvalue weighted by molar-refractivity contribution is 0.102. The molecule has 0 aliphatic heterocycles. The van der Waals surface area contributed by atoms with Crippen molar-refractivity contribution < 1.29 is 17.9 Å². The van der Waals surface area contributed by atoms with E-state index in [1.165, 1.54) is 50.0 Å². The lowest BCUT2D eigenvalue weighted by Crippen LogP contribution is -2.15. The van der Waals surface area contributed by atoms with Gasteiger partial charge in [0.05, 0.1) is 17.6 Å². The number of aromatic nitrogens is 3. The molecule has 0 aliphatic rings. The van der Waals surface area contributed by atoms with E-state index in [9.17, 15) is 13.2 Å². The molecule has 0 unspecified atom stereocenters. The Labute approximate surface area is 155 Å². The van der Waals surface area contributed by atoms with Gasteiger partial charge in [-0.2, -0.15) is 0 Å². The van der Waals surface area contributed by atoms with E-state index in [4.69, 9.17) is 4.74 Å². The molecule has 0 fully saturated rings. The number of benzene rings is 1. The van der Waals surface area contributed by atoms with Gasteiger partial charge in [0, 0.05) is 30.5 Å². The number of nitrogens with zero attached hydrogens (tertiary/aromatic N) is 3. The van der Waals surface area contributed by atoms with Crippen LogP contribution in [0.15, 0.2) is 66.1 Å². The summed E-state index contributed by atoms with van der Waals surface area (Å²) < 4.78 is 32.3. The highest BCUT2D eigenvalue weighted by Crippen LogP contribution is 2.22. The molecule has 10 heteroatoms. The first kappa shape index (κ1) is 18.3. The number of carbonyl (C=O) groups excluding carboxylic acids is 1. The Morgan fingerprint density at radius 2 is 1.78 bits per heavy atom. The number of rotatable bonds is 6. The molecule has 9 nitrogen and oxygen atoms in total. The van der Waals surface area contributed by atoms with Crippen molar-refractivity contribution in [2.45, 2.75) is 4.90 Å². The summed E-state index contributed by atoms with van der Waals surface area (Å²) >= 11 is 0. The molecule has 0 radical (unpaired) electrons. The Morgan fingerprint density at radius 1 is 1.04 bits per heavy atom. The van der Waals surface area contributed by atoms with Crippen molar-refractivity contribution >= 4 is 27.4 Å². The molecule has 2 N–H and O–H groups in total. The maximum Gasteiger partial charge on any atom is 0.263 e. The molecule has 2 heterocycles. The van der Waals surface area contributed by atoms with E-state index in [2.05, 4.69) is 25.0 Å². The Bertz CT molecular complexity index is 1040. The second kappa shape index (κ2) is 7.79. The van der Waals surface area contributed by atoms with Crippen molar-refractivity contribution in [2.75, 3.05) is 17.1 Å². The third-order valence-corrected chi connectivity index (χ3v) is 4.79. The quantitative estimate of drug-likeness (QED) is 0.664. The summed E-state index contributed by atoms with van der Waals surface area (Å²) in [5.41, 5.74) is 0.838. The van der Waals surface area contributed by atoms with Crippen LogP contribution in [0.25, 0.3) is 0 Å². The number of hydrogen-bond acceptors (Lipinski definition) is 7. The Morgan fingerprint density at radius 3 is 2.44 bits per heavy atom. The van der Waals surface area contributed by atoms with Gasteiger partial charge in [0.15, 0.2) is 0 Å². The Hall–Kier alpha value is -3.53. The number of ether oxygens (including phenoxy) is 1. The van der Waals surface area contributed by atoms with Crippen LogP contribution in [-0.2, 0) is 10.0 Å². The lowest BCUT2D eigenvalue weighted by atomic mass is 10.2. The molecule has 0 saturated heterocycles. The number of anilines is 2. The summed E-state index contributed by atoms with van der Waals surface area (Å²) in [4.78, 5) is 23.8. The first-order valence-electron chi connectivity index (χ1n) is 7.69. The highest BCUT2D eigenvalue weighted by molar-refractivity contribution is 7.92. The molecule has 0 aliphatic carbocycles. The summed E-state index contributed by atoms with van der Waals surface area (Å²) in [6, 6.07) is 8.97. The zero-order chi connectivity index (χ0) is 19.3. The van der Waals surface area contributed by atoms with Gasteiger partial charge in [0.25, 0.3) is 21.8 Å². The molecule has 0 bridgehead atoms. The van der Waals surface area contributed by atoms with Crippen molar-refractivity contribution in [3.05, 3.63) is 66.7 Å². The van der Waals surface area contributed by atoms with Gasteiger partial charge in [-0.3, -0.25) is 14.5 Å². The predicted molar refractivity (Wildman–Crippen MR) is 98.0 cm³/mol. The molecule has 0 spiro atoms. The molecule has 3 rings (SSSR count). The summed E-state index contributed by atoms with van der Waals surface area (Å²) in [5, 5.41) is 2.67. The van der Waals surface area contributed by atoms with Crippen LogP contribution in [0.3, 0.4) is 0 Å². The van der Waals surface area contributed by atoms with Crippen LogP contribution in [0.2, 0.25) is 0 Å². The van der Waals surface area contributed by atoms with Crippen molar-refractivity contribution in [1.29, 1.82) is 0 Å². The molecule has 0 atom stereocenters. The van der Waals surface area contributed by atoms with Gasteiger partial charge in [-0.15, -0.1) is 0 Å². The van der Waals surface area contributed by atoms with E-state index in [0.29, 0.717) is 11.3 Å². The zero-order valence-corrected chi connectivity index (χ0v) is 15.0. The lowest BCUT2D eigenvalue weighted by Gasteiger charge is -2.10. The molecule has 138 valence electrons. The highest BCUT2D eigenvalue weighted by atomic mass is 32.2. The molecule has 0 saturated carbocycles. The van der Waals surface area contributed by atoms with Crippen LogP contribution in [0.5, 0.6) is 5.88 Å². The second-order valence-corrected chi connectivity index (χ2v) is 6.92. The third-order valence-electron chi connectivity index (χ3n) is 3.44. The fourth-order valence-electron chi connectivity index (χ4n) is 2.15. The molecule has 1 aromatic carbocycles. The van der Waals surface area contributed by atoms with Gasteiger partial charge in [-0.1, -0.05) is 0 Å². The van der Waals surface area contributed by atoms with Gasteiger partial charge in [-0.25, -0.2) is 18.4 Å². The van der Waals surface area contributed by atoms with E-state index in [0.717, 1.165) is 0 Å². The van der Waals surface area contributed by atoms with Crippen molar-refractivity contribution in [1.82, 2.24) is 15.0 Å².